The molecule has 0 aromatic rings. The summed E-state index contributed by atoms with van der Waals surface area (Å²) in [6, 6.07) is 0. The Kier molecular flexibility index (Phi) is 2.82. The molecule has 0 aromatic heterocycles. The molecule has 0 spiro atoms. The quantitative estimate of drug-likeness (QED) is 0.633. The summed E-state index contributed by atoms with van der Waals surface area (Å²) >= 11 is 0. The van der Waals surface area contributed by atoms with Crippen LogP contribution in [0.4, 0.5) is 0 Å². The summed E-state index contributed by atoms with van der Waals surface area (Å²) in [7, 11) is 0. The lowest BCUT2D eigenvalue weighted by molar-refractivity contribution is -0.115. The molecule has 0 aliphatic heterocycles. The summed E-state index contributed by atoms with van der Waals surface area (Å²) < 4.78 is 0. The Morgan fingerprint density at radius 3 is 2.75 bits per heavy atom. The SMILES string of the molecule is C/C=C\CC1=C(C)[C@@H](O)CC1=O. The Morgan fingerprint density at radius 1 is 1.67 bits per heavy atom. The zero-order valence-corrected chi connectivity index (χ0v) is 7.50. The zero-order chi connectivity index (χ0) is 9.14. The van der Waals surface area contributed by atoms with Gasteiger partial charge >= 0.3 is 0 Å². The van der Waals surface area contributed by atoms with Gasteiger partial charge in [-0.15, -0.1) is 0 Å². The number of rotatable bonds is 2. The molecule has 0 amide bonds. The summed E-state index contributed by atoms with van der Waals surface area (Å²) in [5, 5.41) is 9.34. The van der Waals surface area contributed by atoms with Crippen LogP contribution in [0, 0.1) is 0 Å². The highest BCUT2D eigenvalue weighted by Crippen LogP contribution is 2.25. The number of ketones is 1. The molecule has 0 aromatic carbocycles. The second-order valence-corrected chi connectivity index (χ2v) is 3.08. The first-order valence-electron chi connectivity index (χ1n) is 4.19. The van der Waals surface area contributed by atoms with E-state index < -0.39 is 6.10 Å². The summed E-state index contributed by atoms with van der Waals surface area (Å²) in [5.74, 6) is 0.0955. The fourth-order valence-electron chi connectivity index (χ4n) is 1.38. The van der Waals surface area contributed by atoms with Crippen LogP contribution in [0.25, 0.3) is 0 Å². The molecule has 12 heavy (non-hydrogen) atoms. The highest BCUT2D eigenvalue weighted by atomic mass is 16.3. The number of Topliss-reactive ketones (excluding diaryl/α,β-unsaturated/α-hetero) is 1. The third kappa shape index (κ3) is 1.64. The fourth-order valence-corrected chi connectivity index (χ4v) is 1.38. The lowest BCUT2D eigenvalue weighted by atomic mass is 10.1. The van der Waals surface area contributed by atoms with Gasteiger partial charge in [-0.1, -0.05) is 12.2 Å². The molecule has 66 valence electrons. The molecule has 1 rings (SSSR count). The van der Waals surface area contributed by atoms with E-state index >= 15 is 0 Å². The molecule has 0 saturated carbocycles. The van der Waals surface area contributed by atoms with Crippen LogP contribution in [-0.4, -0.2) is 17.0 Å². The van der Waals surface area contributed by atoms with E-state index in [0.29, 0.717) is 6.42 Å². The molecule has 0 bridgehead atoms. The van der Waals surface area contributed by atoms with Gasteiger partial charge in [0.05, 0.1) is 6.10 Å². The normalized spacial score (nSPS) is 24.6. The molecular formula is C10H14O2. The van der Waals surface area contributed by atoms with Crippen molar-refractivity contribution in [3.63, 3.8) is 0 Å². The fraction of sp³-hybridized carbons (Fsp3) is 0.500. The van der Waals surface area contributed by atoms with Crippen molar-refractivity contribution < 1.29 is 9.90 Å². The van der Waals surface area contributed by atoms with Crippen LogP contribution in [0.5, 0.6) is 0 Å². The van der Waals surface area contributed by atoms with Gasteiger partial charge < -0.3 is 5.11 Å². The van der Waals surface area contributed by atoms with Gasteiger partial charge in [0.1, 0.15) is 0 Å². The summed E-state index contributed by atoms with van der Waals surface area (Å²) in [6.07, 6.45) is 4.27. The first-order valence-corrected chi connectivity index (χ1v) is 4.19. The number of aliphatic hydroxyl groups is 1. The number of carbonyl (C=O) groups excluding carboxylic acids is 1. The third-order valence-corrected chi connectivity index (χ3v) is 2.25. The zero-order valence-electron chi connectivity index (χ0n) is 7.50. The molecule has 1 atom stereocenters. The van der Waals surface area contributed by atoms with E-state index in [-0.39, 0.29) is 12.2 Å². The third-order valence-electron chi connectivity index (χ3n) is 2.25. The number of allylic oxidation sites excluding steroid dienone is 3. The first-order chi connectivity index (χ1) is 5.66. The number of hydrogen-bond donors (Lipinski definition) is 1. The molecule has 2 nitrogen and oxygen atoms in total. The van der Waals surface area contributed by atoms with Crippen molar-refractivity contribution in [1.29, 1.82) is 0 Å². The molecule has 1 aliphatic carbocycles. The smallest absolute Gasteiger partial charge is 0.162 e. The predicted octanol–water partition coefficient (Wildman–Crippen LogP) is 1.60. The van der Waals surface area contributed by atoms with E-state index in [2.05, 4.69) is 0 Å². The van der Waals surface area contributed by atoms with Gasteiger partial charge in [-0.25, -0.2) is 0 Å². The minimum absolute atomic E-state index is 0.0955. The minimum atomic E-state index is -0.530. The van der Waals surface area contributed by atoms with Crippen molar-refractivity contribution in [2.24, 2.45) is 0 Å². The van der Waals surface area contributed by atoms with Gasteiger partial charge in [-0.05, 0) is 25.8 Å². The molecule has 0 heterocycles. The molecular weight excluding hydrogens is 152 g/mol. The Morgan fingerprint density at radius 2 is 2.33 bits per heavy atom. The molecule has 1 N–H and O–H groups in total. The van der Waals surface area contributed by atoms with Crippen molar-refractivity contribution in [3.8, 4) is 0 Å². The van der Waals surface area contributed by atoms with E-state index in [0.717, 1.165) is 11.1 Å². The van der Waals surface area contributed by atoms with Gasteiger partial charge in [0.2, 0.25) is 0 Å². The van der Waals surface area contributed by atoms with Gasteiger partial charge in [0.15, 0.2) is 5.78 Å². The molecule has 0 fully saturated rings. The Labute approximate surface area is 72.6 Å². The topological polar surface area (TPSA) is 37.3 Å². The van der Waals surface area contributed by atoms with Crippen LogP contribution >= 0.6 is 0 Å². The largest absolute Gasteiger partial charge is 0.388 e. The van der Waals surface area contributed by atoms with E-state index in [4.69, 9.17) is 0 Å². The maximum atomic E-state index is 11.2. The lowest BCUT2D eigenvalue weighted by Crippen LogP contribution is -2.03. The summed E-state index contributed by atoms with van der Waals surface area (Å²) in [4.78, 5) is 11.2. The number of hydrogen-bond acceptors (Lipinski definition) is 2. The number of aliphatic hydroxyl groups excluding tert-OH is 1. The molecule has 0 saturated heterocycles. The number of carbonyl (C=O) groups is 1. The Bertz CT molecular complexity index is 249. The van der Waals surface area contributed by atoms with Crippen LogP contribution in [0.1, 0.15) is 26.7 Å². The highest BCUT2D eigenvalue weighted by molar-refractivity contribution is 5.99. The standard InChI is InChI=1S/C10H14O2/c1-3-4-5-8-7(2)9(11)6-10(8)12/h3-4,9,11H,5-6H2,1-2H3/b4-3-/t9-/m0/s1. The predicted molar refractivity (Wildman–Crippen MR) is 47.8 cm³/mol. The van der Waals surface area contributed by atoms with Crippen LogP contribution in [0.15, 0.2) is 23.3 Å². The van der Waals surface area contributed by atoms with Crippen molar-refractivity contribution in [2.45, 2.75) is 32.8 Å². The monoisotopic (exact) mass is 166 g/mol. The molecule has 0 unspecified atom stereocenters. The van der Waals surface area contributed by atoms with E-state index in [1.165, 1.54) is 0 Å². The lowest BCUT2D eigenvalue weighted by Gasteiger charge is -1.99. The van der Waals surface area contributed by atoms with Gasteiger partial charge in [0.25, 0.3) is 0 Å². The van der Waals surface area contributed by atoms with Gasteiger partial charge in [-0.2, -0.15) is 0 Å². The maximum absolute atomic E-state index is 11.2. The van der Waals surface area contributed by atoms with E-state index in [1.54, 1.807) is 0 Å². The van der Waals surface area contributed by atoms with Crippen molar-refractivity contribution in [2.75, 3.05) is 0 Å². The van der Waals surface area contributed by atoms with Crippen molar-refractivity contribution in [3.05, 3.63) is 23.3 Å². The van der Waals surface area contributed by atoms with Crippen molar-refractivity contribution >= 4 is 5.78 Å². The van der Waals surface area contributed by atoms with Crippen LogP contribution in [0.3, 0.4) is 0 Å². The first kappa shape index (κ1) is 9.20. The van der Waals surface area contributed by atoms with Crippen LogP contribution in [0.2, 0.25) is 0 Å². The van der Waals surface area contributed by atoms with Gasteiger partial charge in [0, 0.05) is 12.0 Å². The summed E-state index contributed by atoms with van der Waals surface area (Å²) in [5.41, 5.74) is 1.64. The Balaban J connectivity index is 2.78. The van der Waals surface area contributed by atoms with Gasteiger partial charge in [-0.3, -0.25) is 4.79 Å². The maximum Gasteiger partial charge on any atom is 0.162 e. The summed E-state index contributed by atoms with van der Waals surface area (Å²) in [6.45, 7) is 3.75. The average molecular weight is 166 g/mol. The van der Waals surface area contributed by atoms with Crippen LogP contribution in [-0.2, 0) is 4.79 Å². The van der Waals surface area contributed by atoms with Crippen molar-refractivity contribution in [1.82, 2.24) is 0 Å². The second-order valence-electron chi connectivity index (χ2n) is 3.08. The average Bonchev–Trinajstić information content (AvgIpc) is 2.25. The van der Waals surface area contributed by atoms with E-state index in [1.807, 2.05) is 26.0 Å². The molecule has 1 aliphatic rings. The van der Waals surface area contributed by atoms with E-state index in [9.17, 15) is 9.90 Å². The minimum Gasteiger partial charge on any atom is -0.388 e. The van der Waals surface area contributed by atoms with Crippen LogP contribution < -0.4 is 0 Å². The Hall–Kier alpha value is -0.890. The molecule has 2 heteroatoms. The molecule has 0 radical (unpaired) electrons. The highest BCUT2D eigenvalue weighted by Gasteiger charge is 2.26. The second kappa shape index (κ2) is 3.68.